The molecule has 2 aromatic rings. The molecule has 2 heterocycles. The van der Waals surface area contributed by atoms with E-state index in [4.69, 9.17) is 11.6 Å². The molecule has 1 fully saturated rings. The van der Waals surface area contributed by atoms with Gasteiger partial charge in [0.15, 0.2) is 0 Å². The molecule has 0 aliphatic carbocycles. The quantitative estimate of drug-likeness (QED) is 0.787. The molecule has 2 N–H and O–H groups in total. The number of carbonyl (C=O) groups is 3. The van der Waals surface area contributed by atoms with Crippen molar-refractivity contribution in [3.63, 3.8) is 0 Å². The smallest absolute Gasteiger partial charge is 0.254 e. The first kappa shape index (κ1) is 20.2. The minimum Gasteiger partial charge on any atom is -0.368 e. The molecule has 0 bridgehead atoms. The Morgan fingerprint density at radius 3 is 2.57 bits per heavy atom. The van der Waals surface area contributed by atoms with E-state index in [1.54, 1.807) is 24.3 Å². The summed E-state index contributed by atoms with van der Waals surface area (Å²) in [6.07, 6.45) is 0.463. The van der Waals surface area contributed by atoms with Crippen molar-refractivity contribution in [2.45, 2.75) is 18.9 Å². The monoisotopic (exact) mass is 426 g/mol. The van der Waals surface area contributed by atoms with Gasteiger partial charge in [0, 0.05) is 43.3 Å². The third-order valence-electron chi connectivity index (χ3n) is 5.50. The van der Waals surface area contributed by atoms with Gasteiger partial charge in [-0.2, -0.15) is 0 Å². The highest BCUT2D eigenvalue weighted by Crippen LogP contribution is 2.22. The number of carbonyl (C=O) groups excluding carboxylic acids is 3. The van der Waals surface area contributed by atoms with Crippen LogP contribution in [0.2, 0.25) is 5.02 Å². The van der Waals surface area contributed by atoms with Crippen LogP contribution in [0.25, 0.3) is 0 Å². The van der Waals surface area contributed by atoms with Crippen molar-refractivity contribution in [1.82, 2.24) is 10.2 Å². The summed E-state index contributed by atoms with van der Waals surface area (Å²) in [4.78, 5) is 41.5. The van der Waals surface area contributed by atoms with Crippen LogP contribution in [0, 0.1) is 0 Å². The molecule has 3 amide bonds. The summed E-state index contributed by atoms with van der Waals surface area (Å²) in [6.45, 7) is 2.67. The molecule has 2 aliphatic heterocycles. The summed E-state index contributed by atoms with van der Waals surface area (Å²) in [6, 6.07) is 13.8. The molecule has 0 saturated carbocycles. The van der Waals surface area contributed by atoms with E-state index < -0.39 is 6.04 Å². The number of halogens is 1. The Bertz CT molecular complexity index is 972. The Morgan fingerprint density at radius 2 is 1.80 bits per heavy atom. The number of hydrogen-bond acceptors (Lipinski definition) is 4. The maximum Gasteiger partial charge on any atom is 0.254 e. The maximum atomic E-state index is 12.7. The first-order valence-electron chi connectivity index (χ1n) is 10.0. The van der Waals surface area contributed by atoms with Crippen molar-refractivity contribution in [1.29, 1.82) is 0 Å². The van der Waals surface area contributed by atoms with Gasteiger partial charge < -0.3 is 20.4 Å². The van der Waals surface area contributed by atoms with Gasteiger partial charge >= 0.3 is 0 Å². The van der Waals surface area contributed by atoms with E-state index in [0.29, 0.717) is 29.4 Å². The average molecular weight is 427 g/mol. The van der Waals surface area contributed by atoms with Crippen LogP contribution < -0.4 is 15.5 Å². The van der Waals surface area contributed by atoms with Crippen molar-refractivity contribution in [2.75, 3.05) is 36.4 Å². The number of nitrogens with one attached hydrogen (secondary N) is 2. The fourth-order valence-electron chi connectivity index (χ4n) is 3.83. The highest BCUT2D eigenvalue weighted by molar-refractivity contribution is 6.30. The normalized spacial score (nSPS) is 18.9. The Labute approximate surface area is 180 Å². The number of hydrogen-bond donors (Lipinski definition) is 2. The zero-order valence-electron chi connectivity index (χ0n) is 16.4. The average Bonchev–Trinajstić information content (AvgIpc) is 2.88. The largest absolute Gasteiger partial charge is 0.368 e. The van der Waals surface area contributed by atoms with Crippen LogP contribution in [0.4, 0.5) is 11.4 Å². The molecule has 2 aliphatic rings. The van der Waals surface area contributed by atoms with Crippen molar-refractivity contribution >= 4 is 40.7 Å². The van der Waals surface area contributed by atoms with Gasteiger partial charge in [-0.05, 0) is 36.8 Å². The fraction of sp³-hybridized carbons (Fsp3) is 0.318. The van der Waals surface area contributed by atoms with Crippen LogP contribution in [-0.4, -0.2) is 54.8 Å². The standard InChI is InChI=1S/C22H23ClN4O3/c23-15-4-3-5-16(14-15)26-10-12-27(13-11-26)20(28)9-8-19-22(30)24-18-7-2-1-6-17(18)21(29)25-19/h1-7,14,19H,8-13H2,(H,24,30)(H,25,29)/t19-/m1/s1. The lowest BCUT2D eigenvalue weighted by atomic mass is 10.1. The third-order valence-corrected chi connectivity index (χ3v) is 5.74. The SMILES string of the molecule is O=C1N[C@H](CCC(=O)N2CCN(c3cccc(Cl)c3)CC2)C(=O)Nc2ccccc21. The van der Waals surface area contributed by atoms with Gasteiger partial charge in [-0.3, -0.25) is 14.4 Å². The van der Waals surface area contributed by atoms with Gasteiger partial charge in [-0.15, -0.1) is 0 Å². The van der Waals surface area contributed by atoms with Crippen molar-refractivity contribution in [2.24, 2.45) is 0 Å². The van der Waals surface area contributed by atoms with Crippen molar-refractivity contribution < 1.29 is 14.4 Å². The molecule has 30 heavy (non-hydrogen) atoms. The number of amides is 3. The number of nitrogens with zero attached hydrogens (tertiary/aromatic N) is 2. The first-order chi connectivity index (χ1) is 14.5. The number of para-hydroxylation sites is 1. The maximum absolute atomic E-state index is 12.7. The molecule has 7 nitrogen and oxygen atoms in total. The summed E-state index contributed by atoms with van der Waals surface area (Å²) in [5.74, 6) is -0.618. The van der Waals surface area contributed by atoms with E-state index in [-0.39, 0.29) is 30.6 Å². The Kier molecular flexibility index (Phi) is 5.90. The second kappa shape index (κ2) is 8.75. The van der Waals surface area contributed by atoms with E-state index in [9.17, 15) is 14.4 Å². The number of piperazine rings is 1. The van der Waals surface area contributed by atoms with E-state index in [2.05, 4.69) is 15.5 Å². The molecule has 0 unspecified atom stereocenters. The Balaban J connectivity index is 1.30. The molecule has 0 spiro atoms. The van der Waals surface area contributed by atoms with Crippen LogP contribution in [0.1, 0.15) is 23.2 Å². The predicted molar refractivity (Wildman–Crippen MR) is 116 cm³/mol. The molecular formula is C22H23ClN4O3. The zero-order chi connectivity index (χ0) is 21.1. The lowest BCUT2D eigenvalue weighted by Gasteiger charge is -2.36. The van der Waals surface area contributed by atoms with E-state index >= 15 is 0 Å². The predicted octanol–water partition coefficient (Wildman–Crippen LogP) is 2.52. The van der Waals surface area contributed by atoms with Crippen LogP contribution >= 0.6 is 11.6 Å². The van der Waals surface area contributed by atoms with Crippen molar-refractivity contribution in [3.05, 3.63) is 59.1 Å². The second-order valence-corrected chi connectivity index (χ2v) is 7.88. The van der Waals surface area contributed by atoms with E-state index in [1.165, 1.54) is 0 Å². The second-order valence-electron chi connectivity index (χ2n) is 7.45. The lowest BCUT2D eigenvalue weighted by Crippen LogP contribution is -2.49. The number of fused-ring (bicyclic) bond motifs is 1. The minimum absolute atomic E-state index is 0.00967. The number of rotatable bonds is 4. The molecule has 156 valence electrons. The van der Waals surface area contributed by atoms with Crippen molar-refractivity contribution in [3.8, 4) is 0 Å². The van der Waals surface area contributed by atoms with Gasteiger partial charge in [0.2, 0.25) is 11.8 Å². The highest BCUT2D eigenvalue weighted by atomic mass is 35.5. The summed E-state index contributed by atoms with van der Waals surface area (Å²) >= 11 is 6.07. The van der Waals surface area contributed by atoms with Crippen LogP contribution in [0.3, 0.4) is 0 Å². The fourth-order valence-corrected chi connectivity index (χ4v) is 4.01. The van der Waals surface area contributed by atoms with E-state index in [1.807, 2.05) is 29.2 Å². The molecule has 4 rings (SSSR count). The highest BCUT2D eigenvalue weighted by Gasteiger charge is 2.29. The summed E-state index contributed by atoms with van der Waals surface area (Å²) in [7, 11) is 0. The van der Waals surface area contributed by atoms with Crippen LogP contribution in [0.15, 0.2) is 48.5 Å². The summed E-state index contributed by atoms with van der Waals surface area (Å²) in [5.41, 5.74) is 1.97. The van der Waals surface area contributed by atoms with Crippen LogP contribution in [-0.2, 0) is 9.59 Å². The van der Waals surface area contributed by atoms with Crippen LogP contribution in [0.5, 0.6) is 0 Å². The molecule has 0 radical (unpaired) electrons. The molecule has 1 atom stereocenters. The Hall–Kier alpha value is -3.06. The van der Waals surface area contributed by atoms with E-state index in [0.717, 1.165) is 18.8 Å². The Morgan fingerprint density at radius 1 is 1.03 bits per heavy atom. The summed E-state index contributed by atoms with van der Waals surface area (Å²) in [5, 5.41) is 6.20. The zero-order valence-corrected chi connectivity index (χ0v) is 17.2. The molecule has 2 aromatic carbocycles. The van der Waals surface area contributed by atoms with Gasteiger partial charge in [0.25, 0.3) is 5.91 Å². The number of anilines is 2. The lowest BCUT2D eigenvalue weighted by molar-refractivity contribution is -0.131. The molecule has 0 aromatic heterocycles. The third kappa shape index (κ3) is 4.41. The first-order valence-corrected chi connectivity index (χ1v) is 10.4. The number of benzene rings is 2. The topological polar surface area (TPSA) is 81.8 Å². The molecule has 1 saturated heterocycles. The molecule has 8 heteroatoms. The van der Waals surface area contributed by atoms with Gasteiger partial charge in [0.05, 0.1) is 11.3 Å². The summed E-state index contributed by atoms with van der Waals surface area (Å²) < 4.78 is 0. The molecular weight excluding hydrogens is 404 g/mol. The van der Waals surface area contributed by atoms with Gasteiger partial charge in [-0.25, -0.2) is 0 Å². The minimum atomic E-state index is -0.735. The van der Waals surface area contributed by atoms with Gasteiger partial charge in [-0.1, -0.05) is 29.8 Å². The van der Waals surface area contributed by atoms with Gasteiger partial charge in [0.1, 0.15) is 6.04 Å².